The van der Waals surface area contributed by atoms with Crippen molar-refractivity contribution in [2.24, 2.45) is 0 Å². The number of nitro benzene ring substituents is 1. The minimum absolute atomic E-state index is 0.0537. The number of amides is 1. The van der Waals surface area contributed by atoms with Crippen LogP contribution in [0.1, 0.15) is 65.5 Å². The van der Waals surface area contributed by atoms with Crippen molar-refractivity contribution in [2.75, 3.05) is 11.9 Å². The zero-order valence-electron chi connectivity index (χ0n) is 23.4. The lowest BCUT2D eigenvalue weighted by molar-refractivity contribution is -0.384. The number of aromatic nitrogens is 1. The van der Waals surface area contributed by atoms with Gasteiger partial charge < -0.3 is 10.1 Å². The predicted molar refractivity (Wildman–Crippen MR) is 160 cm³/mol. The molecule has 0 radical (unpaired) electrons. The first kappa shape index (κ1) is 28.2. The summed E-state index contributed by atoms with van der Waals surface area (Å²) in [6.45, 7) is 5.92. The highest BCUT2D eigenvalue weighted by molar-refractivity contribution is 6.08. The first-order chi connectivity index (χ1) is 20.0. The molecule has 210 valence electrons. The Hall–Kier alpha value is -5.36. The maximum absolute atomic E-state index is 13.4. The van der Waals surface area contributed by atoms with Crippen LogP contribution in [0.25, 0.3) is 22.6 Å². The number of nitro groups is 1. The number of nitriles is 1. The fourth-order valence-electron chi connectivity index (χ4n) is 5.03. The van der Waals surface area contributed by atoms with E-state index in [1.165, 1.54) is 17.7 Å². The smallest absolute Gasteiger partial charge is 0.339 e. The number of ether oxygens (including phenoxy) is 1. The molecule has 1 aromatic heterocycles. The molecule has 5 rings (SSSR count). The molecule has 1 heterocycles. The lowest BCUT2D eigenvalue weighted by Gasteiger charge is -2.18. The van der Waals surface area contributed by atoms with Gasteiger partial charge in [0.15, 0.2) is 6.61 Å². The van der Waals surface area contributed by atoms with Gasteiger partial charge in [0.25, 0.3) is 11.6 Å². The number of allylic oxidation sites excluding steroid dienone is 1. The monoisotopic (exact) mass is 560 g/mol. The molecule has 0 unspecified atom stereocenters. The van der Waals surface area contributed by atoms with Gasteiger partial charge in [-0.2, -0.15) is 5.26 Å². The normalized spacial score (nSPS) is 13.4. The second-order valence-electron chi connectivity index (χ2n) is 11.1. The van der Waals surface area contributed by atoms with E-state index in [2.05, 4.69) is 56.4 Å². The molecule has 0 bridgehead atoms. The van der Waals surface area contributed by atoms with Gasteiger partial charge in [-0.05, 0) is 58.7 Å². The summed E-state index contributed by atoms with van der Waals surface area (Å²) >= 11 is 0. The van der Waals surface area contributed by atoms with Crippen LogP contribution in [0.5, 0.6) is 0 Å². The number of esters is 1. The number of benzene rings is 3. The first-order valence-corrected chi connectivity index (χ1v) is 13.4. The maximum Gasteiger partial charge on any atom is 0.339 e. The average Bonchev–Trinajstić information content (AvgIpc) is 3.36. The second-order valence-corrected chi connectivity index (χ2v) is 11.1. The van der Waals surface area contributed by atoms with E-state index in [0.29, 0.717) is 29.3 Å². The largest absolute Gasteiger partial charge is 0.452 e. The number of hydrogen-bond donors (Lipinski definition) is 1. The molecule has 1 amide bonds. The van der Waals surface area contributed by atoms with E-state index in [0.717, 1.165) is 28.5 Å². The number of carbonyl (C=O) groups is 2. The average molecular weight is 561 g/mol. The van der Waals surface area contributed by atoms with E-state index in [4.69, 9.17) is 9.72 Å². The molecule has 9 heteroatoms. The van der Waals surface area contributed by atoms with Crippen molar-refractivity contribution in [1.82, 2.24) is 4.98 Å². The Kier molecular flexibility index (Phi) is 7.55. The molecular formula is C33H28N4O5. The molecule has 1 aliphatic carbocycles. The molecule has 4 aromatic rings. The summed E-state index contributed by atoms with van der Waals surface area (Å²) in [5.74, 6) is -1.33. The van der Waals surface area contributed by atoms with E-state index < -0.39 is 23.4 Å². The Morgan fingerprint density at radius 3 is 2.52 bits per heavy atom. The molecule has 0 saturated heterocycles. The highest BCUT2D eigenvalue weighted by atomic mass is 16.6. The number of hydrogen-bond acceptors (Lipinski definition) is 7. The molecule has 9 nitrogen and oxygen atoms in total. The number of fused-ring (bicyclic) bond motifs is 2. The lowest BCUT2D eigenvalue weighted by Crippen LogP contribution is -2.22. The van der Waals surface area contributed by atoms with Gasteiger partial charge in [0.1, 0.15) is 6.07 Å². The van der Waals surface area contributed by atoms with Crippen molar-refractivity contribution >= 4 is 45.8 Å². The van der Waals surface area contributed by atoms with Crippen LogP contribution in [0, 0.1) is 21.4 Å². The Labute approximate surface area is 242 Å². The number of anilines is 1. The molecule has 42 heavy (non-hydrogen) atoms. The highest BCUT2D eigenvalue weighted by Crippen LogP contribution is 2.38. The summed E-state index contributed by atoms with van der Waals surface area (Å²) in [4.78, 5) is 41.3. The van der Waals surface area contributed by atoms with Crippen LogP contribution in [0.3, 0.4) is 0 Å². The zero-order valence-corrected chi connectivity index (χ0v) is 23.4. The Balaban J connectivity index is 1.39. The van der Waals surface area contributed by atoms with Crippen LogP contribution in [0.4, 0.5) is 11.4 Å². The quantitative estimate of drug-likeness (QED) is 0.160. The topological polar surface area (TPSA) is 135 Å². The standard InChI is InChI=1S/C33H28N4O5/c1-33(2,3)23-11-8-20(9-12-23)16-21-10-14-26-30(25-6-4-5-7-28(25)36-31(21)26)32(39)42-19-29(38)35-27-15-13-24(37(40)41)17-22(27)18-34/h4-9,11-13,15-17H,10,14,19H2,1-3H3,(H,35,38)/b21-16-. The lowest BCUT2D eigenvalue weighted by atomic mass is 9.86. The SMILES string of the molecule is CC(C)(C)c1ccc(/C=C2/CCc3c2nc2ccccc2c3C(=O)OCC(=O)Nc2ccc([N+](=O)[O-])cc2C#N)cc1. The number of nitrogens with one attached hydrogen (secondary N) is 1. The van der Waals surface area contributed by atoms with Crippen LogP contribution in [0.2, 0.25) is 0 Å². The van der Waals surface area contributed by atoms with Crippen molar-refractivity contribution in [3.8, 4) is 6.07 Å². The van der Waals surface area contributed by atoms with Gasteiger partial charge in [0.05, 0.1) is 32.9 Å². The fourth-order valence-corrected chi connectivity index (χ4v) is 5.03. The minimum Gasteiger partial charge on any atom is -0.452 e. The van der Waals surface area contributed by atoms with Crippen LogP contribution >= 0.6 is 0 Å². The number of para-hydroxylation sites is 1. The second kappa shape index (κ2) is 11.3. The maximum atomic E-state index is 13.4. The predicted octanol–water partition coefficient (Wildman–Crippen LogP) is 6.59. The number of rotatable bonds is 6. The number of non-ortho nitro benzene ring substituents is 1. The van der Waals surface area contributed by atoms with Crippen molar-refractivity contribution in [3.05, 3.63) is 110 Å². The highest BCUT2D eigenvalue weighted by Gasteiger charge is 2.28. The van der Waals surface area contributed by atoms with Crippen LogP contribution in [-0.2, 0) is 21.4 Å². The zero-order chi connectivity index (χ0) is 30.0. The van der Waals surface area contributed by atoms with Crippen molar-refractivity contribution < 1.29 is 19.2 Å². The molecule has 0 aliphatic heterocycles. The minimum atomic E-state index is -0.678. The molecule has 1 aliphatic rings. The third kappa shape index (κ3) is 5.74. The number of nitrogens with zero attached hydrogens (tertiary/aromatic N) is 3. The molecule has 3 aromatic carbocycles. The van der Waals surface area contributed by atoms with Gasteiger partial charge in [0.2, 0.25) is 0 Å². The van der Waals surface area contributed by atoms with Crippen molar-refractivity contribution in [3.63, 3.8) is 0 Å². The van der Waals surface area contributed by atoms with E-state index >= 15 is 0 Å². The summed E-state index contributed by atoms with van der Waals surface area (Å²) in [5.41, 5.74) is 5.65. The van der Waals surface area contributed by atoms with Gasteiger partial charge in [-0.3, -0.25) is 14.9 Å². The third-order valence-corrected chi connectivity index (χ3v) is 7.21. The molecule has 0 atom stereocenters. The van der Waals surface area contributed by atoms with E-state index in [9.17, 15) is 25.0 Å². The van der Waals surface area contributed by atoms with Gasteiger partial charge in [-0.1, -0.05) is 63.2 Å². The molecule has 1 N–H and O–H groups in total. The van der Waals surface area contributed by atoms with E-state index in [-0.39, 0.29) is 22.4 Å². The third-order valence-electron chi connectivity index (χ3n) is 7.21. The van der Waals surface area contributed by atoms with Crippen molar-refractivity contribution in [1.29, 1.82) is 5.26 Å². The summed E-state index contributed by atoms with van der Waals surface area (Å²) in [6, 6.07) is 21.1. The Morgan fingerprint density at radius 2 is 1.83 bits per heavy atom. The Bertz CT molecular complexity index is 1810. The molecule has 0 fully saturated rings. The van der Waals surface area contributed by atoms with Gasteiger partial charge in [0, 0.05) is 17.5 Å². The Morgan fingerprint density at radius 1 is 1.10 bits per heavy atom. The van der Waals surface area contributed by atoms with Gasteiger partial charge >= 0.3 is 5.97 Å². The molecule has 0 saturated carbocycles. The van der Waals surface area contributed by atoms with E-state index in [1.807, 2.05) is 30.3 Å². The number of pyridine rings is 1. The first-order valence-electron chi connectivity index (χ1n) is 13.4. The van der Waals surface area contributed by atoms with Crippen LogP contribution in [-0.4, -0.2) is 28.4 Å². The fraction of sp³-hybridized carbons (Fsp3) is 0.212. The molecule has 0 spiro atoms. The van der Waals surface area contributed by atoms with Gasteiger partial charge in [-0.25, -0.2) is 9.78 Å². The van der Waals surface area contributed by atoms with Crippen LogP contribution in [0.15, 0.2) is 66.7 Å². The summed E-state index contributed by atoms with van der Waals surface area (Å²) in [5, 5.41) is 23.4. The van der Waals surface area contributed by atoms with Gasteiger partial charge in [-0.15, -0.1) is 0 Å². The summed E-state index contributed by atoms with van der Waals surface area (Å²) in [7, 11) is 0. The number of carbonyl (C=O) groups excluding carboxylic acids is 2. The van der Waals surface area contributed by atoms with E-state index in [1.54, 1.807) is 0 Å². The van der Waals surface area contributed by atoms with Crippen molar-refractivity contribution in [2.45, 2.75) is 39.0 Å². The van der Waals surface area contributed by atoms with Crippen LogP contribution < -0.4 is 5.32 Å². The molecular weight excluding hydrogens is 532 g/mol. The summed E-state index contributed by atoms with van der Waals surface area (Å²) in [6.07, 6.45) is 3.40. The summed E-state index contributed by atoms with van der Waals surface area (Å²) < 4.78 is 5.44.